The summed E-state index contributed by atoms with van der Waals surface area (Å²) in [6.07, 6.45) is 4.39. The van der Waals surface area contributed by atoms with Gasteiger partial charge in [0.25, 0.3) is 0 Å². The van der Waals surface area contributed by atoms with Gasteiger partial charge in [-0.15, -0.1) is 0 Å². The number of carboxylic acid groups (broad SMARTS) is 1. The molecule has 2 aromatic carbocycles. The average Bonchev–Trinajstić information content (AvgIpc) is 3.44. The molecule has 0 fully saturated rings. The van der Waals surface area contributed by atoms with Crippen LogP contribution in [0.15, 0.2) is 60.8 Å². The molecule has 0 aliphatic rings. The number of esters is 1. The molecule has 10 nitrogen and oxygen atoms in total. The van der Waals surface area contributed by atoms with Gasteiger partial charge in [-0.25, -0.2) is 4.79 Å². The molecule has 0 saturated carbocycles. The van der Waals surface area contributed by atoms with Crippen molar-refractivity contribution in [1.29, 1.82) is 0 Å². The number of amides is 2. The molecule has 2 amide bonds. The molecule has 0 spiro atoms. The number of unbranched alkanes of at least 4 members (excludes halogenated alkanes) is 1. The number of para-hydroxylation sites is 1. The molecule has 0 aliphatic heterocycles. The fourth-order valence-corrected chi connectivity index (χ4v) is 5.27. The van der Waals surface area contributed by atoms with E-state index in [9.17, 15) is 24.3 Å². The van der Waals surface area contributed by atoms with Gasteiger partial charge in [-0.05, 0) is 35.4 Å². The number of H-pyrrole nitrogens is 1. The second-order valence-electron chi connectivity index (χ2n) is 12.0. The predicted molar refractivity (Wildman–Crippen MR) is 174 cm³/mol. The first-order valence-corrected chi connectivity index (χ1v) is 15.9. The van der Waals surface area contributed by atoms with E-state index in [0.29, 0.717) is 6.42 Å². The summed E-state index contributed by atoms with van der Waals surface area (Å²) in [6.45, 7) is 7.83. The number of aliphatic carboxylic acids is 1. The van der Waals surface area contributed by atoms with Crippen LogP contribution in [0.2, 0.25) is 0 Å². The topological polar surface area (TPSA) is 164 Å². The van der Waals surface area contributed by atoms with Crippen LogP contribution in [0.3, 0.4) is 0 Å². The van der Waals surface area contributed by atoms with Gasteiger partial charge in [-0.1, -0.05) is 95.5 Å². The van der Waals surface area contributed by atoms with Crippen molar-refractivity contribution in [1.82, 2.24) is 15.6 Å². The summed E-state index contributed by atoms with van der Waals surface area (Å²) in [5, 5.41) is 16.3. The lowest BCUT2D eigenvalue weighted by atomic mass is 9.94. The van der Waals surface area contributed by atoms with Crippen molar-refractivity contribution in [3.05, 3.63) is 71.9 Å². The second kappa shape index (κ2) is 17.3. The van der Waals surface area contributed by atoms with Crippen LogP contribution in [0.1, 0.15) is 70.9 Å². The maximum absolute atomic E-state index is 13.7. The van der Waals surface area contributed by atoms with Crippen LogP contribution in [-0.2, 0) is 36.8 Å². The Morgan fingerprint density at radius 2 is 1.60 bits per heavy atom. The monoisotopic (exact) mass is 620 g/mol. The molecule has 0 aliphatic carbocycles. The largest absolute Gasteiger partial charge is 0.480 e. The number of fused-ring (bicyclic) bond motifs is 1. The lowest BCUT2D eigenvalue weighted by Gasteiger charge is -2.27. The Labute approximate surface area is 265 Å². The third kappa shape index (κ3) is 10.5. The molecule has 1 heterocycles. The Balaban J connectivity index is 1.83. The summed E-state index contributed by atoms with van der Waals surface area (Å²) in [4.78, 5) is 55.5. The van der Waals surface area contributed by atoms with Crippen LogP contribution < -0.4 is 16.4 Å². The summed E-state index contributed by atoms with van der Waals surface area (Å²) in [5.41, 5.74) is 8.56. The summed E-state index contributed by atoms with van der Waals surface area (Å²) < 4.78 is 5.82. The van der Waals surface area contributed by atoms with Gasteiger partial charge in [0.1, 0.15) is 24.2 Å². The van der Waals surface area contributed by atoms with Crippen LogP contribution in [-0.4, -0.2) is 58.1 Å². The number of rotatable bonds is 18. The summed E-state index contributed by atoms with van der Waals surface area (Å²) >= 11 is 0. The van der Waals surface area contributed by atoms with Gasteiger partial charge in [-0.3, -0.25) is 14.4 Å². The number of hydrogen-bond acceptors (Lipinski definition) is 6. The number of nitrogens with one attached hydrogen (secondary N) is 3. The molecule has 244 valence electrons. The summed E-state index contributed by atoms with van der Waals surface area (Å²) in [7, 11) is 0. The lowest BCUT2D eigenvalue weighted by Crippen LogP contribution is -2.53. The molecule has 1 aromatic heterocycles. The number of nitrogens with two attached hydrogens (primary N) is 1. The Kier molecular flexibility index (Phi) is 13.6. The first-order chi connectivity index (χ1) is 21.5. The maximum atomic E-state index is 13.7. The highest BCUT2D eigenvalue weighted by molar-refractivity contribution is 5.92. The standard InChI is InChI=1S/C35H48N4O6/c1-5-7-13-23(4)30(45-35(44)32(36)22(3)6-2)20-31(40)38-28(19-25-21-37-27-17-12-11-16-26(25)27)33(41)39-29(34(42)43)18-24-14-9-8-10-15-24/h8-12,14-17,21-23,28-30,32,37H,5-7,13,18-20,36H2,1-4H3,(H,38,40)(H,39,41)(H,42,43)/t22-,23+,28-,29-,30-,32+/m0/s1. The number of hydrogen-bond donors (Lipinski definition) is 5. The first-order valence-electron chi connectivity index (χ1n) is 15.9. The van der Waals surface area contributed by atoms with Crippen LogP contribution in [0.25, 0.3) is 10.9 Å². The fourth-order valence-electron chi connectivity index (χ4n) is 5.27. The second-order valence-corrected chi connectivity index (χ2v) is 12.0. The molecule has 6 N–H and O–H groups in total. The number of carbonyl (C=O) groups excluding carboxylic acids is 3. The highest BCUT2D eigenvalue weighted by Gasteiger charge is 2.32. The SMILES string of the molecule is CCCC[C@@H](C)[C@H](CC(=O)N[C@@H](Cc1c[nH]c2ccccc12)C(=O)N[C@@H](Cc1ccccc1)C(=O)O)OC(=O)[C@H](N)[C@@H](C)CC. The van der Waals surface area contributed by atoms with Crippen molar-refractivity contribution >= 4 is 34.7 Å². The van der Waals surface area contributed by atoms with Gasteiger partial charge in [0.15, 0.2) is 0 Å². The zero-order chi connectivity index (χ0) is 32.9. The van der Waals surface area contributed by atoms with Gasteiger partial charge >= 0.3 is 11.9 Å². The minimum absolute atomic E-state index is 0.0824. The molecule has 0 radical (unpaired) electrons. The molecule has 0 bridgehead atoms. The quantitative estimate of drug-likeness (QED) is 0.131. The number of aromatic nitrogens is 1. The van der Waals surface area contributed by atoms with E-state index in [-0.39, 0.29) is 31.1 Å². The van der Waals surface area contributed by atoms with Crippen molar-refractivity contribution in [3.8, 4) is 0 Å². The van der Waals surface area contributed by atoms with Crippen molar-refractivity contribution in [2.24, 2.45) is 17.6 Å². The number of benzene rings is 2. The van der Waals surface area contributed by atoms with Crippen molar-refractivity contribution in [2.45, 2.75) is 96.9 Å². The molecular weight excluding hydrogens is 572 g/mol. The van der Waals surface area contributed by atoms with E-state index in [1.54, 1.807) is 30.5 Å². The molecule has 6 atom stereocenters. The average molecular weight is 621 g/mol. The molecular formula is C35H48N4O6. The van der Waals surface area contributed by atoms with Crippen LogP contribution in [0, 0.1) is 11.8 Å². The molecule has 3 rings (SSSR count). The number of ether oxygens (including phenoxy) is 1. The third-order valence-electron chi connectivity index (χ3n) is 8.48. The lowest BCUT2D eigenvalue weighted by molar-refractivity contribution is -0.156. The Morgan fingerprint density at radius 1 is 0.911 bits per heavy atom. The Hall–Kier alpha value is -4.18. The molecule has 0 unspecified atom stereocenters. The summed E-state index contributed by atoms with van der Waals surface area (Å²) in [5.74, 6) is -3.04. The zero-order valence-electron chi connectivity index (χ0n) is 26.8. The third-order valence-corrected chi connectivity index (χ3v) is 8.48. The van der Waals surface area contributed by atoms with Crippen LogP contribution >= 0.6 is 0 Å². The van der Waals surface area contributed by atoms with Gasteiger partial charge in [0.2, 0.25) is 11.8 Å². The molecule has 10 heteroatoms. The molecule has 0 saturated heterocycles. The summed E-state index contributed by atoms with van der Waals surface area (Å²) in [6, 6.07) is 13.5. The van der Waals surface area contributed by atoms with Crippen molar-refractivity contribution < 1.29 is 29.0 Å². The fraction of sp³-hybridized carbons (Fsp3) is 0.486. The zero-order valence-corrected chi connectivity index (χ0v) is 26.8. The normalized spacial score (nSPS) is 15.3. The Morgan fingerprint density at radius 3 is 2.27 bits per heavy atom. The minimum Gasteiger partial charge on any atom is -0.480 e. The van der Waals surface area contributed by atoms with Gasteiger partial charge < -0.3 is 31.2 Å². The van der Waals surface area contributed by atoms with E-state index in [1.165, 1.54) is 0 Å². The Bertz CT molecular complexity index is 1410. The van der Waals surface area contributed by atoms with E-state index < -0.39 is 48.0 Å². The maximum Gasteiger partial charge on any atom is 0.326 e. The first kappa shape index (κ1) is 35.3. The molecule has 3 aromatic rings. The molecule has 45 heavy (non-hydrogen) atoms. The van der Waals surface area contributed by atoms with E-state index in [4.69, 9.17) is 10.5 Å². The highest BCUT2D eigenvalue weighted by Crippen LogP contribution is 2.22. The van der Waals surface area contributed by atoms with Gasteiger partial charge in [-0.2, -0.15) is 0 Å². The smallest absolute Gasteiger partial charge is 0.326 e. The van der Waals surface area contributed by atoms with E-state index >= 15 is 0 Å². The van der Waals surface area contributed by atoms with E-state index in [2.05, 4.69) is 22.5 Å². The predicted octanol–water partition coefficient (Wildman–Crippen LogP) is 4.51. The van der Waals surface area contributed by atoms with E-state index in [1.807, 2.05) is 51.1 Å². The number of carboxylic acids is 1. The van der Waals surface area contributed by atoms with Gasteiger partial charge in [0, 0.05) is 29.9 Å². The van der Waals surface area contributed by atoms with Crippen molar-refractivity contribution in [2.75, 3.05) is 0 Å². The van der Waals surface area contributed by atoms with Crippen LogP contribution in [0.5, 0.6) is 0 Å². The minimum atomic E-state index is -1.20. The van der Waals surface area contributed by atoms with E-state index in [0.717, 1.165) is 41.3 Å². The van der Waals surface area contributed by atoms with Crippen molar-refractivity contribution in [3.63, 3.8) is 0 Å². The van der Waals surface area contributed by atoms with Gasteiger partial charge in [0.05, 0.1) is 6.42 Å². The number of aromatic amines is 1. The highest BCUT2D eigenvalue weighted by atomic mass is 16.5. The number of carbonyl (C=O) groups is 4. The van der Waals surface area contributed by atoms with Crippen LogP contribution in [0.4, 0.5) is 0 Å².